The maximum Gasteiger partial charge on any atom is 0.384 e. The molecule has 130 valence electrons. The monoisotopic (exact) mass is 813 g/mol. The normalized spacial score (nSPS) is 12.4. The molecular formula is C9H9I4NO7P2. The predicted molar refractivity (Wildman–Crippen MR) is 118 cm³/mol. The molecule has 1 rings (SSSR count). The van der Waals surface area contributed by atoms with Crippen molar-refractivity contribution in [1.29, 1.82) is 0 Å². The average molecular weight is 813 g/mol. The Bertz CT molecular complexity index is 601. The van der Waals surface area contributed by atoms with Crippen LogP contribution >= 0.6 is 107 Å². The predicted octanol–water partition coefficient (Wildman–Crippen LogP) is 5.86. The fraction of sp³-hybridized carbons (Fsp3) is 0.222. The standard InChI is InChI=1S/C9H9I4NO7P2/c1-6-2-4-7(5-3-6)8(15)14-9(22(16,18-10)19-11)23(17,20-12)21-13/h2-5,9H,1H3,(H,14,15). The summed E-state index contributed by atoms with van der Waals surface area (Å²) < 4.78 is 44.4. The molecule has 0 heterocycles. The molecule has 23 heavy (non-hydrogen) atoms. The Balaban J connectivity index is 3.20. The number of rotatable bonds is 8. The van der Waals surface area contributed by atoms with E-state index in [4.69, 9.17) is 11.4 Å². The molecule has 0 fully saturated rings. The van der Waals surface area contributed by atoms with Crippen molar-refractivity contribution >= 4 is 113 Å². The van der Waals surface area contributed by atoms with Crippen molar-refractivity contribution in [1.82, 2.24) is 5.32 Å². The van der Waals surface area contributed by atoms with Gasteiger partial charge < -0.3 is 5.32 Å². The molecule has 0 bridgehead atoms. The minimum absolute atomic E-state index is 0.280. The first-order chi connectivity index (χ1) is 10.8. The molecule has 0 radical (unpaired) electrons. The van der Waals surface area contributed by atoms with Gasteiger partial charge in [-0.3, -0.25) is 13.9 Å². The topological polar surface area (TPSA) is 100 Å². The maximum atomic E-state index is 12.6. The van der Waals surface area contributed by atoms with Gasteiger partial charge in [0.05, 0.1) is 0 Å². The molecule has 1 amide bonds. The van der Waals surface area contributed by atoms with E-state index in [-0.39, 0.29) is 5.56 Å². The Morgan fingerprint density at radius 1 is 0.957 bits per heavy atom. The number of aryl methyl sites for hydroxylation is 1. The Morgan fingerprint density at radius 3 is 1.70 bits per heavy atom. The molecular weight excluding hydrogens is 804 g/mol. The van der Waals surface area contributed by atoms with Crippen molar-refractivity contribution in [3.05, 3.63) is 35.4 Å². The lowest BCUT2D eigenvalue weighted by atomic mass is 10.1. The molecule has 0 aliphatic heterocycles. The third-order valence-electron chi connectivity index (χ3n) is 2.56. The number of benzene rings is 1. The van der Waals surface area contributed by atoms with Crippen LogP contribution in [0, 0.1) is 6.92 Å². The van der Waals surface area contributed by atoms with Gasteiger partial charge in [-0.05, 0) is 19.1 Å². The van der Waals surface area contributed by atoms with Crippen LogP contribution in [-0.2, 0) is 20.5 Å². The van der Waals surface area contributed by atoms with Crippen LogP contribution in [0.25, 0.3) is 0 Å². The summed E-state index contributed by atoms with van der Waals surface area (Å²) >= 11 is 5.35. The lowest BCUT2D eigenvalue weighted by molar-refractivity contribution is 0.0951. The van der Waals surface area contributed by atoms with Gasteiger partial charge >= 0.3 is 15.2 Å². The first-order valence-electron chi connectivity index (χ1n) is 5.54. The second kappa shape index (κ2) is 10.3. The molecule has 0 aromatic heterocycles. The van der Waals surface area contributed by atoms with Gasteiger partial charge in [0.25, 0.3) is 5.91 Å². The van der Waals surface area contributed by atoms with Crippen LogP contribution in [0.4, 0.5) is 0 Å². The van der Waals surface area contributed by atoms with E-state index in [1.807, 2.05) is 6.92 Å². The van der Waals surface area contributed by atoms with E-state index in [0.717, 1.165) is 5.56 Å². The van der Waals surface area contributed by atoms with Crippen LogP contribution in [0.15, 0.2) is 24.3 Å². The average Bonchev–Trinajstić information content (AvgIpc) is 2.58. The van der Waals surface area contributed by atoms with Crippen molar-refractivity contribution in [2.75, 3.05) is 0 Å². The van der Waals surface area contributed by atoms with Gasteiger partial charge in [-0.1, -0.05) is 17.7 Å². The smallest absolute Gasteiger partial charge is 0.328 e. The Morgan fingerprint density at radius 2 is 1.35 bits per heavy atom. The number of hydrogen-bond donors (Lipinski definition) is 1. The number of carbonyl (C=O) groups excluding carboxylic acids is 1. The molecule has 1 N–H and O–H groups in total. The summed E-state index contributed by atoms with van der Waals surface area (Å²) in [5.74, 6) is -0.626. The Hall–Kier alpha value is 1.91. The van der Waals surface area contributed by atoms with Gasteiger partial charge in [0, 0.05) is 5.56 Å². The van der Waals surface area contributed by atoms with Gasteiger partial charge in [-0.25, -0.2) is 11.4 Å². The molecule has 14 heteroatoms. The van der Waals surface area contributed by atoms with Crippen LogP contribution in [-0.4, -0.2) is 11.4 Å². The largest absolute Gasteiger partial charge is 0.384 e. The number of nitrogens with one attached hydrogen (secondary N) is 1. The summed E-state index contributed by atoms with van der Waals surface area (Å²) in [4.78, 5) is 12.3. The highest BCUT2D eigenvalue weighted by Gasteiger charge is 2.52. The van der Waals surface area contributed by atoms with Gasteiger partial charge in [0.15, 0.2) is 0 Å². The first-order valence-corrected chi connectivity index (χ1v) is 12.3. The summed E-state index contributed by atoms with van der Waals surface area (Å²) in [5, 5.41) is 2.35. The number of halogens is 4. The van der Waals surface area contributed by atoms with Crippen molar-refractivity contribution in [3.8, 4) is 0 Å². The van der Waals surface area contributed by atoms with Gasteiger partial charge in [0.1, 0.15) is 92.0 Å². The molecule has 0 aliphatic rings. The quantitative estimate of drug-likeness (QED) is 0.260. The zero-order chi connectivity index (χ0) is 17.7. The van der Waals surface area contributed by atoms with E-state index in [9.17, 15) is 13.9 Å². The van der Waals surface area contributed by atoms with Crippen molar-refractivity contribution in [2.45, 2.75) is 12.4 Å². The van der Waals surface area contributed by atoms with Crippen molar-refractivity contribution in [3.63, 3.8) is 0 Å². The summed E-state index contributed by atoms with van der Waals surface area (Å²) in [7, 11) is -8.02. The fourth-order valence-electron chi connectivity index (χ4n) is 1.41. The highest BCUT2D eigenvalue weighted by molar-refractivity contribution is 14.1. The molecule has 0 atom stereocenters. The van der Waals surface area contributed by atoms with Crippen LogP contribution < -0.4 is 5.32 Å². The number of hydrogen-bond acceptors (Lipinski definition) is 7. The number of carbonyl (C=O) groups is 1. The molecule has 1 aromatic carbocycles. The zero-order valence-electron chi connectivity index (χ0n) is 11.2. The van der Waals surface area contributed by atoms with E-state index < -0.39 is 26.6 Å². The highest BCUT2D eigenvalue weighted by atomic mass is 127. The Kier molecular flexibility index (Phi) is 10.3. The lowest BCUT2D eigenvalue weighted by Gasteiger charge is -2.26. The molecule has 0 saturated carbocycles. The summed E-state index contributed by atoms with van der Waals surface area (Å²) in [5.41, 5.74) is -0.388. The minimum atomic E-state index is -4.01. The van der Waals surface area contributed by atoms with E-state index in [1.54, 1.807) is 24.3 Å². The van der Waals surface area contributed by atoms with Crippen LogP contribution in [0.3, 0.4) is 0 Å². The van der Waals surface area contributed by atoms with Crippen molar-refractivity contribution in [2.24, 2.45) is 0 Å². The van der Waals surface area contributed by atoms with E-state index in [2.05, 4.69) is 5.32 Å². The van der Waals surface area contributed by atoms with E-state index in [1.165, 1.54) is 92.0 Å². The second-order valence-corrected chi connectivity index (χ2v) is 12.9. The van der Waals surface area contributed by atoms with Gasteiger partial charge in [0.2, 0.25) is 5.52 Å². The second-order valence-electron chi connectivity index (χ2n) is 4.07. The van der Waals surface area contributed by atoms with E-state index in [0.29, 0.717) is 0 Å². The summed E-state index contributed by atoms with van der Waals surface area (Å²) in [6, 6.07) is 6.61. The minimum Gasteiger partial charge on any atom is -0.328 e. The lowest BCUT2D eigenvalue weighted by Crippen LogP contribution is -2.35. The van der Waals surface area contributed by atoms with Crippen LogP contribution in [0.2, 0.25) is 0 Å². The number of amides is 1. The third kappa shape index (κ3) is 5.95. The molecule has 0 unspecified atom stereocenters. The summed E-state index contributed by atoms with van der Waals surface area (Å²) in [6.07, 6.45) is 0. The van der Waals surface area contributed by atoms with Crippen LogP contribution in [0.1, 0.15) is 15.9 Å². The zero-order valence-corrected chi connectivity index (χ0v) is 21.6. The molecule has 1 aromatic rings. The summed E-state index contributed by atoms with van der Waals surface area (Å²) in [6.45, 7) is 1.87. The molecule has 0 saturated heterocycles. The molecule has 0 aliphatic carbocycles. The maximum absolute atomic E-state index is 12.6. The molecule has 8 nitrogen and oxygen atoms in total. The third-order valence-corrected chi connectivity index (χ3v) is 13.1. The SMILES string of the molecule is Cc1ccc(C(=O)NC(P(=O)(OI)OI)P(=O)(OI)OI)cc1. The first kappa shape index (κ1) is 23.0. The molecule has 0 spiro atoms. The van der Waals surface area contributed by atoms with Crippen LogP contribution in [0.5, 0.6) is 0 Å². The van der Waals surface area contributed by atoms with E-state index >= 15 is 0 Å². The van der Waals surface area contributed by atoms with Crippen molar-refractivity contribution < 1.29 is 25.3 Å². The van der Waals surface area contributed by atoms with Gasteiger partial charge in [-0.15, -0.1) is 0 Å². The van der Waals surface area contributed by atoms with Gasteiger partial charge in [-0.2, -0.15) is 0 Å². The highest BCUT2D eigenvalue weighted by Crippen LogP contribution is 2.72. The fourth-order valence-corrected chi connectivity index (χ4v) is 12.0. The Labute approximate surface area is 189 Å².